The summed E-state index contributed by atoms with van der Waals surface area (Å²) in [6.45, 7) is 1.58. The minimum absolute atomic E-state index is 0.0284. The molecule has 4 rings (SSSR count). The third kappa shape index (κ3) is 3.34. The third-order valence-corrected chi connectivity index (χ3v) is 6.46. The highest BCUT2D eigenvalue weighted by Gasteiger charge is 2.17. The predicted molar refractivity (Wildman–Crippen MR) is 110 cm³/mol. The van der Waals surface area contributed by atoms with Crippen LogP contribution in [0, 0.1) is 5.82 Å². The van der Waals surface area contributed by atoms with E-state index in [1.165, 1.54) is 30.3 Å². The van der Waals surface area contributed by atoms with Crippen molar-refractivity contribution in [3.05, 3.63) is 89.0 Å². The number of fused-ring (bicyclic) bond motifs is 1. The molecule has 0 amide bonds. The number of para-hydroxylation sites is 1. The van der Waals surface area contributed by atoms with Crippen molar-refractivity contribution >= 4 is 20.6 Å². The Kier molecular flexibility index (Phi) is 4.76. The molecule has 0 radical (unpaired) electrons. The number of nitrogens with zero attached hydrogens (tertiary/aromatic N) is 2. The van der Waals surface area contributed by atoms with E-state index in [2.05, 4.69) is 5.10 Å². The highest BCUT2D eigenvalue weighted by atomic mass is 32.2. The lowest BCUT2D eigenvalue weighted by molar-refractivity contribution is 0.597. The van der Waals surface area contributed by atoms with Crippen LogP contribution in [0.4, 0.5) is 4.39 Å². The minimum atomic E-state index is -3.42. The van der Waals surface area contributed by atoms with Gasteiger partial charge in [0.05, 0.1) is 21.7 Å². The first kappa shape index (κ1) is 19.0. The Morgan fingerprint density at radius 1 is 0.931 bits per heavy atom. The second kappa shape index (κ2) is 7.25. The van der Waals surface area contributed by atoms with E-state index in [4.69, 9.17) is 0 Å². The van der Waals surface area contributed by atoms with Crippen LogP contribution in [0.2, 0.25) is 0 Å². The summed E-state index contributed by atoms with van der Waals surface area (Å²) >= 11 is 0. The lowest BCUT2D eigenvalue weighted by Gasteiger charge is -2.12. The van der Waals surface area contributed by atoms with E-state index in [-0.39, 0.29) is 16.3 Å². The molecule has 0 aliphatic carbocycles. The Balaban J connectivity index is 2.06. The van der Waals surface area contributed by atoms with Crippen molar-refractivity contribution in [1.29, 1.82) is 0 Å². The smallest absolute Gasteiger partial charge is 0.267 e. The molecular weight excluding hydrogens is 391 g/mol. The molecule has 0 unspecified atom stereocenters. The fourth-order valence-electron chi connectivity index (χ4n) is 3.19. The summed E-state index contributed by atoms with van der Waals surface area (Å²) in [7, 11) is -3.42. The summed E-state index contributed by atoms with van der Waals surface area (Å²) in [5.41, 5.74) is 0.506. The monoisotopic (exact) mass is 408 g/mol. The molecule has 0 aliphatic heterocycles. The number of sulfone groups is 1. The van der Waals surface area contributed by atoms with Crippen LogP contribution in [0.25, 0.3) is 27.7 Å². The molecule has 0 atom stereocenters. The van der Waals surface area contributed by atoms with Crippen LogP contribution in [0.1, 0.15) is 6.92 Å². The van der Waals surface area contributed by atoms with Crippen LogP contribution in [0.3, 0.4) is 0 Å². The van der Waals surface area contributed by atoms with Crippen LogP contribution < -0.4 is 5.56 Å². The summed E-state index contributed by atoms with van der Waals surface area (Å²) in [6, 6.07) is 19.2. The topological polar surface area (TPSA) is 69.0 Å². The van der Waals surface area contributed by atoms with Crippen molar-refractivity contribution < 1.29 is 12.8 Å². The van der Waals surface area contributed by atoms with Gasteiger partial charge in [0.2, 0.25) is 0 Å². The van der Waals surface area contributed by atoms with Crippen molar-refractivity contribution in [2.45, 2.75) is 11.8 Å². The minimum Gasteiger partial charge on any atom is -0.267 e. The molecule has 29 heavy (non-hydrogen) atoms. The first-order chi connectivity index (χ1) is 13.9. The van der Waals surface area contributed by atoms with Crippen molar-refractivity contribution in [1.82, 2.24) is 9.78 Å². The van der Waals surface area contributed by atoms with E-state index >= 15 is 0 Å². The zero-order valence-corrected chi connectivity index (χ0v) is 16.4. The molecule has 0 fully saturated rings. The van der Waals surface area contributed by atoms with Gasteiger partial charge in [-0.05, 0) is 30.3 Å². The molecule has 5 nitrogen and oxygen atoms in total. The lowest BCUT2D eigenvalue weighted by atomic mass is 10.1. The highest BCUT2D eigenvalue weighted by Crippen LogP contribution is 2.27. The van der Waals surface area contributed by atoms with E-state index in [0.717, 1.165) is 4.68 Å². The molecule has 4 aromatic rings. The number of hydrogen-bond acceptors (Lipinski definition) is 4. The Bertz CT molecular complexity index is 1390. The van der Waals surface area contributed by atoms with Crippen molar-refractivity contribution in [2.24, 2.45) is 0 Å². The van der Waals surface area contributed by atoms with Crippen LogP contribution in [0.15, 0.2) is 82.5 Å². The van der Waals surface area contributed by atoms with Crippen LogP contribution in [-0.4, -0.2) is 24.0 Å². The second-order valence-electron chi connectivity index (χ2n) is 6.49. The first-order valence-electron chi connectivity index (χ1n) is 9.02. The zero-order chi connectivity index (χ0) is 20.6. The van der Waals surface area contributed by atoms with Gasteiger partial charge in [-0.25, -0.2) is 12.8 Å². The van der Waals surface area contributed by atoms with Gasteiger partial charge in [0.25, 0.3) is 5.56 Å². The maximum atomic E-state index is 14.4. The van der Waals surface area contributed by atoms with Gasteiger partial charge in [-0.1, -0.05) is 49.4 Å². The van der Waals surface area contributed by atoms with Gasteiger partial charge in [0.1, 0.15) is 11.5 Å². The molecule has 3 aromatic carbocycles. The van der Waals surface area contributed by atoms with Crippen molar-refractivity contribution in [2.75, 3.05) is 5.75 Å². The van der Waals surface area contributed by atoms with E-state index in [9.17, 15) is 17.6 Å². The molecule has 146 valence electrons. The number of halogens is 1. The van der Waals surface area contributed by atoms with Gasteiger partial charge in [-0.15, -0.1) is 0 Å². The van der Waals surface area contributed by atoms with Crippen molar-refractivity contribution in [3.63, 3.8) is 0 Å². The summed E-state index contributed by atoms with van der Waals surface area (Å²) in [5, 5.41) is 5.35. The Morgan fingerprint density at radius 3 is 2.34 bits per heavy atom. The lowest BCUT2D eigenvalue weighted by Crippen LogP contribution is -2.23. The van der Waals surface area contributed by atoms with E-state index in [0.29, 0.717) is 22.0 Å². The number of benzene rings is 3. The molecule has 1 aromatic heterocycles. The fraction of sp³-hybridized carbons (Fsp3) is 0.0909. The van der Waals surface area contributed by atoms with Crippen LogP contribution >= 0.6 is 0 Å². The number of rotatable bonds is 4. The van der Waals surface area contributed by atoms with Crippen LogP contribution in [-0.2, 0) is 9.84 Å². The molecule has 7 heteroatoms. The van der Waals surface area contributed by atoms with Gasteiger partial charge < -0.3 is 0 Å². The summed E-state index contributed by atoms with van der Waals surface area (Å²) < 4.78 is 40.0. The van der Waals surface area contributed by atoms with Gasteiger partial charge in [0, 0.05) is 10.9 Å². The van der Waals surface area contributed by atoms with Gasteiger partial charge >= 0.3 is 0 Å². The highest BCUT2D eigenvalue weighted by molar-refractivity contribution is 7.91. The maximum absolute atomic E-state index is 14.4. The number of aromatic nitrogens is 2. The largest absolute Gasteiger partial charge is 0.279 e. The van der Waals surface area contributed by atoms with E-state index in [1.54, 1.807) is 49.4 Å². The van der Waals surface area contributed by atoms with E-state index < -0.39 is 21.2 Å². The molecule has 0 aliphatic rings. The molecule has 0 saturated heterocycles. The van der Waals surface area contributed by atoms with Gasteiger partial charge in [-0.2, -0.15) is 9.78 Å². The average Bonchev–Trinajstić information content (AvgIpc) is 2.75. The molecule has 1 heterocycles. The Labute approximate surface area is 167 Å². The predicted octanol–water partition coefficient (Wildman–Crippen LogP) is 3.99. The normalized spacial score (nSPS) is 11.7. The average molecular weight is 408 g/mol. The molecule has 0 saturated carbocycles. The molecule has 0 N–H and O–H groups in total. The molecule has 0 spiro atoms. The quantitative estimate of drug-likeness (QED) is 0.512. The van der Waals surface area contributed by atoms with E-state index in [1.807, 2.05) is 0 Å². The third-order valence-electron chi connectivity index (χ3n) is 4.73. The SMILES string of the molecule is CCS(=O)(=O)c1cccc(-c2nn(-c3ccccc3F)c(=O)c3ccccc23)c1. The fourth-order valence-corrected chi connectivity index (χ4v) is 4.12. The number of hydrogen-bond donors (Lipinski definition) is 0. The summed E-state index contributed by atoms with van der Waals surface area (Å²) in [6.07, 6.45) is 0. The Morgan fingerprint density at radius 2 is 1.62 bits per heavy atom. The summed E-state index contributed by atoms with van der Waals surface area (Å²) in [5.74, 6) is -0.607. The Hall–Kier alpha value is -3.32. The first-order valence-corrected chi connectivity index (χ1v) is 10.7. The zero-order valence-electron chi connectivity index (χ0n) is 15.5. The van der Waals surface area contributed by atoms with Gasteiger partial charge in [-0.3, -0.25) is 4.79 Å². The van der Waals surface area contributed by atoms with Gasteiger partial charge in [0.15, 0.2) is 9.84 Å². The van der Waals surface area contributed by atoms with Crippen molar-refractivity contribution in [3.8, 4) is 16.9 Å². The maximum Gasteiger partial charge on any atom is 0.279 e. The molecule has 0 bridgehead atoms. The second-order valence-corrected chi connectivity index (χ2v) is 8.77. The standard InChI is InChI=1S/C22H17FN2O3S/c1-2-29(27,28)16-9-7-8-15(14-16)21-17-10-3-4-11-18(17)22(26)25(24-21)20-13-6-5-12-19(20)23/h3-14H,2H2,1H3. The summed E-state index contributed by atoms with van der Waals surface area (Å²) in [4.78, 5) is 13.1. The molecular formula is C22H17FN2O3S. The van der Waals surface area contributed by atoms with Crippen LogP contribution in [0.5, 0.6) is 0 Å².